The molecule has 0 aliphatic rings. The van der Waals surface area contributed by atoms with Gasteiger partial charge in [-0.2, -0.15) is 8.78 Å². The maximum atomic E-state index is 12.0. The maximum absolute atomic E-state index is 12.0. The summed E-state index contributed by atoms with van der Waals surface area (Å²) in [7, 11) is 0. The fraction of sp³-hybridized carbons (Fsp3) is 0.538. The van der Waals surface area contributed by atoms with E-state index in [9.17, 15) is 8.78 Å². The van der Waals surface area contributed by atoms with E-state index in [1.165, 1.54) is 6.07 Å². The van der Waals surface area contributed by atoms with Crippen molar-refractivity contribution in [3.8, 4) is 5.75 Å². The molecule has 2 nitrogen and oxygen atoms in total. The van der Waals surface area contributed by atoms with Crippen molar-refractivity contribution in [2.75, 3.05) is 0 Å². The molecule has 0 spiro atoms. The van der Waals surface area contributed by atoms with Gasteiger partial charge in [0, 0.05) is 6.04 Å². The van der Waals surface area contributed by atoms with Crippen LogP contribution in [0.4, 0.5) is 8.78 Å². The third-order valence-corrected chi connectivity index (χ3v) is 2.63. The molecule has 1 aromatic rings. The second-order valence-corrected chi connectivity index (χ2v) is 4.05. The van der Waals surface area contributed by atoms with Crippen LogP contribution in [-0.4, -0.2) is 6.61 Å². The number of alkyl halides is 2. The van der Waals surface area contributed by atoms with Gasteiger partial charge in [-0.25, -0.2) is 0 Å². The van der Waals surface area contributed by atoms with E-state index in [0.29, 0.717) is 0 Å². The molecule has 17 heavy (non-hydrogen) atoms. The normalized spacial score (nSPS) is 12.8. The number of halogens is 2. The van der Waals surface area contributed by atoms with Crippen LogP contribution in [0, 0.1) is 0 Å². The van der Waals surface area contributed by atoms with Crippen molar-refractivity contribution in [2.45, 2.75) is 45.3 Å². The van der Waals surface area contributed by atoms with Crippen molar-refractivity contribution in [2.24, 2.45) is 5.73 Å². The largest absolute Gasteiger partial charge is 0.435 e. The van der Waals surface area contributed by atoms with Crippen LogP contribution in [0.15, 0.2) is 24.3 Å². The molecule has 1 aromatic carbocycles. The van der Waals surface area contributed by atoms with E-state index in [4.69, 9.17) is 5.73 Å². The minimum absolute atomic E-state index is 0.109. The quantitative estimate of drug-likeness (QED) is 0.738. The zero-order valence-electron chi connectivity index (χ0n) is 10.0. The van der Waals surface area contributed by atoms with Gasteiger partial charge in [0.05, 0.1) is 0 Å². The summed E-state index contributed by atoms with van der Waals surface area (Å²) in [5.41, 5.74) is 6.84. The van der Waals surface area contributed by atoms with E-state index < -0.39 is 6.61 Å². The van der Waals surface area contributed by atoms with Crippen LogP contribution in [0.25, 0.3) is 0 Å². The molecule has 2 N–H and O–H groups in total. The predicted octanol–water partition coefficient (Wildman–Crippen LogP) is 3.87. The van der Waals surface area contributed by atoms with Gasteiger partial charge in [-0.3, -0.25) is 0 Å². The molecule has 1 atom stereocenters. The molecule has 0 radical (unpaired) electrons. The van der Waals surface area contributed by atoms with Crippen molar-refractivity contribution in [3.63, 3.8) is 0 Å². The Morgan fingerprint density at radius 2 is 2.06 bits per heavy atom. The lowest BCUT2D eigenvalue weighted by atomic mass is 10.0. The molecule has 0 aliphatic carbocycles. The summed E-state index contributed by atoms with van der Waals surface area (Å²) in [4.78, 5) is 0. The van der Waals surface area contributed by atoms with Crippen LogP contribution >= 0.6 is 0 Å². The smallest absolute Gasteiger partial charge is 0.387 e. The zero-order valence-corrected chi connectivity index (χ0v) is 10.0. The second kappa shape index (κ2) is 7.22. The molecule has 0 aliphatic heterocycles. The summed E-state index contributed by atoms with van der Waals surface area (Å²) in [6, 6.07) is 6.52. The first kappa shape index (κ1) is 13.9. The monoisotopic (exact) mass is 243 g/mol. The van der Waals surface area contributed by atoms with Crippen molar-refractivity contribution in [1.29, 1.82) is 0 Å². The minimum atomic E-state index is -2.79. The molecule has 4 heteroatoms. The number of ether oxygens (including phenoxy) is 1. The molecule has 0 bridgehead atoms. The number of benzene rings is 1. The SMILES string of the molecule is CCCCC[C@@H](N)c1cccc(OC(F)F)c1. The zero-order chi connectivity index (χ0) is 12.7. The highest BCUT2D eigenvalue weighted by atomic mass is 19.3. The molecule has 0 saturated heterocycles. The lowest BCUT2D eigenvalue weighted by molar-refractivity contribution is -0.0499. The third-order valence-electron chi connectivity index (χ3n) is 2.63. The number of hydrogen-bond donors (Lipinski definition) is 1. The molecule has 96 valence electrons. The van der Waals surface area contributed by atoms with Crippen molar-refractivity contribution in [1.82, 2.24) is 0 Å². The molecule has 0 heterocycles. The standard InChI is InChI=1S/C13H19F2NO/c1-2-3-4-8-12(16)10-6-5-7-11(9-10)17-13(14)15/h5-7,9,12-13H,2-4,8,16H2,1H3/t12-/m1/s1. The first-order valence-corrected chi connectivity index (χ1v) is 5.93. The topological polar surface area (TPSA) is 35.2 Å². The second-order valence-electron chi connectivity index (χ2n) is 4.05. The van der Waals surface area contributed by atoms with Gasteiger partial charge in [-0.05, 0) is 24.1 Å². The Hall–Kier alpha value is -1.16. The van der Waals surface area contributed by atoms with Gasteiger partial charge in [0.15, 0.2) is 0 Å². The van der Waals surface area contributed by atoms with Crippen molar-refractivity contribution < 1.29 is 13.5 Å². The highest BCUT2D eigenvalue weighted by molar-refractivity contribution is 5.30. The van der Waals surface area contributed by atoms with Gasteiger partial charge in [0.2, 0.25) is 0 Å². The number of nitrogens with two attached hydrogens (primary N) is 1. The van der Waals surface area contributed by atoms with E-state index >= 15 is 0 Å². The highest BCUT2D eigenvalue weighted by Gasteiger charge is 2.09. The summed E-state index contributed by atoms with van der Waals surface area (Å²) in [5.74, 6) is 0.170. The van der Waals surface area contributed by atoms with Crippen LogP contribution in [0.5, 0.6) is 5.75 Å². The number of hydrogen-bond acceptors (Lipinski definition) is 2. The maximum Gasteiger partial charge on any atom is 0.387 e. The van der Waals surface area contributed by atoms with Crippen molar-refractivity contribution >= 4 is 0 Å². The summed E-state index contributed by atoms with van der Waals surface area (Å²) in [5, 5.41) is 0. The van der Waals surface area contributed by atoms with E-state index in [1.54, 1.807) is 12.1 Å². The highest BCUT2D eigenvalue weighted by Crippen LogP contribution is 2.22. The molecule has 1 rings (SSSR count). The van der Waals surface area contributed by atoms with Crippen LogP contribution in [0.2, 0.25) is 0 Å². The predicted molar refractivity (Wildman–Crippen MR) is 64.1 cm³/mol. The number of rotatable bonds is 7. The summed E-state index contributed by atoms with van der Waals surface area (Å²) in [6.45, 7) is -0.663. The molecule has 0 unspecified atom stereocenters. The molecule has 0 saturated carbocycles. The first-order chi connectivity index (χ1) is 8.13. The summed E-state index contributed by atoms with van der Waals surface area (Å²) in [6.07, 6.45) is 4.20. The average Bonchev–Trinajstić information content (AvgIpc) is 2.28. The van der Waals surface area contributed by atoms with Crippen LogP contribution in [0.1, 0.15) is 44.2 Å². The molecule has 0 fully saturated rings. The Kier molecular flexibility index (Phi) is 5.91. The van der Waals surface area contributed by atoms with Gasteiger partial charge in [0.1, 0.15) is 5.75 Å². The Labute approximate surface area is 101 Å². The van der Waals surface area contributed by atoms with Gasteiger partial charge in [-0.15, -0.1) is 0 Å². The first-order valence-electron chi connectivity index (χ1n) is 5.93. The third kappa shape index (κ3) is 5.13. The lowest BCUT2D eigenvalue weighted by Crippen LogP contribution is -2.10. The molecule has 0 aromatic heterocycles. The van der Waals surface area contributed by atoms with Gasteiger partial charge >= 0.3 is 6.61 Å². The Bertz CT molecular complexity index is 331. The van der Waals surface area contributed by atoms with E-state index in [-0.39, 0.29) is 11.8 Å². The fourth-order valence-corrected chi connectivity index (χ4v) is 1.70. The van der Waals surface area contributed by atoms with E-state index in [2.05, 4.69) is 11.7 Å². The molecular weight excluding hydrogens is 224 g/mol. The van der Waals surface area contributed by atoms with Gasteiger partial charge < -0.3 is 10.5 Å². The Balaban J connectivity index is 2.57. The Morgan fingerprint density at radius 1 is 1.29 bits per heavy atom. The molecule has 0 amide bonds. The van der Waals surface area contributed by atoms with E-state index in [0.717, 1.165) is 31.2 Å². The van der Waals surface area contributed by atoms with Crippen molar-refractivity contribution in [3.05, 3.63) is 29.8 Å². The number of unbranched alkanes of at least 4 members (excludes halogenated alkanes) is 2. The van der Waals surface area contributed by atoms with E-state index in [1.807, 2.05) is 6.07 Å². The lowest BCUT2D eigenvalue weighted by Gasteiger charge is -2.13. The van der Waals surface area contributed by atoms with Gasteiger partial charge in [0.25, 0.3) is 0 Å². The Morgan fingerprint density at radius 3 is 2.71 bits per heavy atom. The fourth-order valence-electron chi connectivity index (χ4n) is 1.70. The van der Waals surface area contributed by atoms with Gasteiger partial charge in [-0.1, -0.05) is 38.3 Å². The molecular formula is C13H19F2NO. The minimum Gasteiger partial charge on any atom is -0.435 e. The summed E-state index contributed by atoms with van der Waals surface area (Å²) < 4.78 is 28.4. The van der Waals surface area contributed by atoms with Crippen LogP contribution in [0.3, 0.4) is 0 Å². The van der Waals surface area contributed by atoms with Crippen LogP contribution in [-0.2, 0) is 0 Å². The average molecular weight is 243 g/mol. The summed E-state index contributed by atoms with van der Waals surface area (Å²) >= 11 is 0. The van der Waals surface area contributed by atoms with Crippen LogP contribution < -0.4 is 10.5 Å².